The highest BCUT2D eigenvalue weighted by molar-refractivity contribution is 14.1. The first-order valence-corrected chi connectivity index (χ1v) is 5.78. The fraction of sp³-hybridized carbons (Fsp3) is 0.250. The van der Waals surface area contributed by atoms with Crippen LogP contribution in [0.25, 0.3) is 0 Å². The van der Waals surface area contributed by atoms with Gasteiger partial charge in [0.25, 0.3) is 0 Å². The zero-order valence-electron chi connectivity index (χ0n) is 9.00. The molecule has 0 heterocycles. The van der Waals surface area contributed by atoms with Gasteiger partial charge in [0.1, 0.15) is 0 Å². The average Bonchev–Trinajstić information content (AvgIpc) is 2.22. The molecule has 0 fully saturated rings. The molecule has 0 saturated heterocycles. The Bertz CT molecular complexity index is 354. The van der Waals surface area contributed by atoms with E-state index in [1.54, 1.807) is 6.20 Å². The summed E-state index contributed by atoms with van der Waals surface area (Å²) in [4.78, 5) is 1.98. The standard InChI is InChI=1S/C12H15IN2/c1-4-15(12(2,3)9-14)11-7-5-10(13)6-8-11/h4-9,14H,1H2,2-3H3. The molecule has 0 atom stereocenters. The van der Waals surface area contributed by atoms with E-state index < -0.39 is 0 Å². The van der Waals surface area contributed by atoms with Gasteiger partial charge in [-0.25, -0.2) is 0 Å². The number of nitrogens with one attached hydrogen (secondary N) is 1. The van der Waals surface area contributed by atoms with Gasteiger partial charge in [0.05, 0.1) is 5.54 Å². The molecule has 0 aliphatic heterocycles. The van der Waals surface area contributed by atoms with Crippen LogP contribution in [0.4, 0.5) is 5.69 Å². The molecular weight excluding hydrogens is 299 g/mol. The van der Waals surface area contributed by atoms with E-state index in [-0.39, 0.29) is 5.54 Å². The van der Waals surface area contributed by atoms with Crippen molar-refractivity contribution < 1.29 is 0 Å². The van der Waals surface area contributed by atoms with E-state index in [0.29, 0.717) is 0 Å². The predicted octanol–water partition coefficient (Wildman–Crippen LogP) is 3.67. The molecule has 1 rings (SSSR count). The molecule has 3 heteroatoms. The summed E-state index contributed by atoms with van der Waals surface area (Å²) in [7, 11) is 0. The van der Waals surface area contributed by atoms with Crippen molar-refractivity contribution in [3.05, 3.63) is 40.6 Å². The summed E-state index contributed by atoms with van der Waals surface area (Å²) in [6, 6.07) is 8.17. The Morgan fingerprint density at radius 2 is 1.87 bits per heavy atom. The molecule has 0 bridgehead atoms. The van der Waals surface area contributed by atoms with Gasteiger partial charge in [0.2, 0.25) is 0 Å². The summed E-state index contributed by atoms with van der Waals surface area (Å²) >= 11 is 2.27. The van der Waals surface area contributed by atoms with E-state index in [1.165, 1.54) is 9.78 Å². The first-order chi connectivity index (χ1) is 7.01. The molecule has 0 unspecified atom stereocenters. The number of hydrogen-bond acceptors (Lipinski definition) is 2. The Hall–Kier alpha value is -0.840. The molecule has 80 valence electrons. The molecule has 0 aromatic heterocycles. The molecule has 0 aliphatic rings. The van der Waals surface area contributed by atoms with Crippen LogP contribution in [0, 0.1) is 8.98 Å². The Labute approximate surface area is 105 Å². The van der Waals surface area contributed by atoms with Gasteiger partial charge in [0, 0.05) is 15.5 Å². The topological polar surface area (TPSA) is 27.1 Å². The number of hydrogen-bond donors (Lipinski definition) is 1. The zero-order chi connectivity index (χ0) is 11.5. The lowest BCUT2D eigenvalue weighted by molar-refractivity contribution is 0.675. The third-order valence-electron chi connectivity index (χ3n) is 2.26. The number of anilines is 1. The van der Waals surface area contributed by atoms with Gasteiger partial charge in [0.15, 0.2) is 0 Å². The highest BCUT2D eigenvalue weighted by Crippen LogP contribution is 2.23. The van der Waals surface area contributed by atoms with Crippen LogP contribution in [-0.2, 0) is 0 Å². The SMILES string of the molecule is C=CN(c1ccc(I)cc1)C(C)(C)C=N. The fourth-order valence-corrected chi connectivity index (χ4v) is 1.70. The second-order valence-corrected chi connectivity index (χ2v) is 5.07. The molecule has 0 spiro atoms. The number of rotatable bonds is 4. The summed E-state index contributed by atoms with van der Waals surface area (Å²) in [5.41, 5.74) is 0.716. The van der Waals surface area contributed by atoms with Crippen LogP contribution in [0.1, 0.15) is 13.8 Å². The molecule has 2 nitrogen and oxygen atoms in total. The van der Waals surface area contributed by atoms with Crippen molar-refractivity contribution in [3.63, 3.8) is 0 Å². The van der Waals surface area contributed by atoms with Crippen LogP contribution < -0.4 is 4.90 Å². The van der Waals surface area contributed by atoms with Gasteiger partial charge >= 0.3 is 0 Å². The second kappa shape index (κ2) is 4.79. The van der Waals surface area contributed by atoms with Crippen LogP contribution >= 0.6 is 22.6 Å². The maximum absolute atomic E-state index is 7.41. The smallest absolute Gasteiger partial charge is 0.0734 e. The van der Waals surface area contributed by atoms with Crippen LogP contribution in [0.2, 0.25) is 0 Å². The molecule has 0 saturated carbocycles. The number of benzene rings is 1. The third-order valence-corrected chi connectivity index (χ3v) is 2.98. The van der Waals surface area contributed by atoms with Gasteiger partial charge in [-0.15, -0.1) is 0 Å². The summed E-state index contributed by atoms with van der Waals surface area (Å²) in [6.45, 7) is 7.77. The van der Waals surface area contributed by atoms with Gasteiger partial charge in [-0.2, -0.15) is 0 Å². The summed E-state index contributed by atoms with van der Waals surface area (Å²) in [5.74, 6) is 0. The quantitative estimate of drug-likeness (QED) is 0.666. The van der Waals surface area contributed by atoms with Crippen LogP contribution in [-0.4, -0.2) is 11.8 Å². The minimum absolute atomic E-state index is 0.339. The third kappa shape index (κ3) is 2.81. The number of nitrogens with zero attached hydrogens (tertiary/aromatic N) is 1. The van der Waals surface area contributed by atoms with Gasteiger partial charge in [-0.1, -0.05) is 6.58 Å². The minimum atomic E-state index is -0.339. The minimum Gasteiger partial charge on any atom is -0.338 e. The Kier molecular flexibility index (Phi) is 3.90. The largest absolute Gasteiger partial charge is 0.338 e. The summed E-state index contributed by atoms with van der Waals surface area (Å²) < 4.78 is 1.20. The molecule has 0 amide bonds. The first-order valence-electron chi connectivity index (χ1n) is 4.70. The zero-order valence-corrected chi connectivity index (χ0v) is 11.2. The summed E-state index contributed by atoms with van der Waals surface area (Å²) in [6.07, 6.45) is 3.18. The molecule has 0 aliphatic carbocycles. The van der Waals surface area contributed by atoms with Crippen LogP contribution in [0.3, 0.4) is 0 Å². The Balaban J connectivity index is 3.08. The Morgan fingerprint density at radius 3 is 2.27 bits per heavy atom. The monoisotopic (exact) mass is 314 g/mol. The van der Waals surface area contributed by atoms with Crippen molar-refractivity contribution in [2.24, 2.45) is 0 Å². The van der Waals surface area contributed by atoms with Crippen molar-refractivity contribution in [1.29, 1.82) is 5.41 Å². The van der Waals surface area contributed by atoms with Crippen LogP contribution in [0.15, 0.2) is 37.0 Å². The lowest BCUT2D eigenvalue weighted by Crippen LogP contribution is -2.41. The van der Waals surface area contributed by atoms with E-state index in [4.69, 9.17) is 5.41 Å². The van der Waals surface area contributed by atoms with Gasteiger partial charge in [-0.3, -0.25) is 0 Å². The predicted molar refractivity (Wildman–Crippen MR) is 74.7 cm³/mol. The average molecular weight is 314 g/mol. The molecule has 1 N–H and O–H groups in total. The molecular formula is C12H15IN2. The van der Waals surface area contributed by atoms with Crippen molar-refractivity contribution in [2.45, 2.75) is 19.4 Å². The van der Waals surface area contributed by atoms with Crippen LogP contribution in [0.5, 0.6) is 0 Å². The molecule has 1 aromatic carbocycles. The van der Waals surface area contributed by atoms with Crippen molar-refractivity contribution in [1.82, 2.24) is 0 Å². The van der Waals surface area contributed by atoms with E-state index in [2.05, 4.69) is 29.2 Å². The maximum Gasteiger partial charge on any atom is 0.0734 e. The fourth-order valence-electron chi connectivity index (χ4n) is 1.34. The van der Waals surface area contributed by atoms with Crippen molar-refractivity contribution in [2.75, 3.05) is 4.90 Å². The van der Waals surface area contributed by atoms with E-state index in [1.807, 2.05) is 43.0 Å². The lowest BCUT2D eigenvalue weighted by Gasteiger charge is -2.34. The van der Waals surface area contributed by atoms with E-state index >= 15 is 0 Å². The van der Waals surface area contributed by atoms with Gasteiger partial charge in [-0.05, 0) is 66.9 Å². The molecule has 0 radical (unpaired) electrons. The Morgan fingerprint density at radius 1 is 1.33 bits per heavy atom. The highest BCUT2D eigenvalue weighted by atomic mass is 127. The highest BCUT2D eigenvalue weighted by Gasteiger charge is 2.22. The maximum atomic E-state index is 7.41. The number of halogens is 1. The van der Waals surface area contributed by atoms with E-state index in [0.717, 1.165) is 5.69 Å². The lowest BCUT2D eigenvalue weighted by atomic mass is 10.0. The van der Waals surface area contributed by atoms with Gasteiger partial charge < -0.3 is 10.3 Å². The first kappa shape index (κ1) is 12.2. The summed E-state index contributed by atoms with van der Waals surface area (Å²) in [5, 5.41) is 7.41. The molecule has 15 heavy (non-hydrogen) atoms. The van der Waals surface area contributed by atoms with E-state index in [9.17, 15) is 0 Å². The second-order valence-electron chi connectivity index (χ2n) is 3.83. The van der Waals surface area contributed by atoms with Crippen molar-refractivity contribution >= 4 is 34.5 Å². The molecule has 1 aromatic rings. The van der Waals surface area contributed by atoms with Crippen molar-refractivity contribution in [3.8, 4) is 0 Å². The normalized spacial score (nSPS) is 10.9.